The normalized spacial score (nSPS) is 14.7. The van der Waals surface area contributed by atoms with Gasteiger partial charge in [-0.3, -0.25) is 0 Å². The number of ether oxygens (including phenoxy) is 1. The van der Waals surface area contributed by atoms with E-state index in [4.69, 9.17) is 26.9 Å². The lowest BCUT2D eigenvalue weighted by Gasteiger charge is -2.29. The summed E-state index contributed by atoms with van der Waals surface area (Å²) in [6.07, 6.45) is 5.23. The number of benzene rings is 2. The van der Waals surface area contributed by atoms with Crippen molar-refractivity contribution in [2.45, 2.75) is 32.0 Å². The van der Waals surface area contributed by atoms with Gasteiger partial charge in [0.1, 0.15) is 36.9 Å². The molecule has 2 heterocycles. The Hall–Kier alpha value is -3.40. The number of likely N-dealkylation sites (tertiary alicyclic amines) is 1. The fraction of sp³-hybridized carbons (Fsp3) is 0.346. The second kappa shape index (κ2) is 13.1. The average molecular weight is 511 g/mol. The van der Waals surface area contributed by atoms with Crippen molar-refractivity contribution >= 4 is 35.1 Å². The summed E-state index contributed by atoms with van der Waals surface area (Å²) in [5.41, 5.74) is 8.35. The molecule has 10 heteroatoms. The van der Waals surface area contributed by atoms with E-state index >= 15 is 0 Å². The number of aromatic nitrogens is 2. The molecule has 0 unspecified atom stereocenters. The van der Waals surface area contributed by atoms with E-state index in [1.807, 2.05) is 36.4 Å². The highest BCUT2D eigenvalue weighted by molar-refractivity contribution is 6.32. The summed E-state index contributed by atoms with van der Waals surface area (Å²) in [6, 6.07) is 15.3. The molecule has 4 N–H and O–H groups in total. The number of halogens is 1. The molecule has 36 heavy (non-hydrogen) atoms. The molecule has 1 aliphatic rings. The monoisotopic (exact) mass is 510 g/mol. The van der Waals surface area contributed by atoms with E-state index in [-0.39, 0.29) is 11.9 Å². The van der Waals surface area contributed by atoms with Crippen LogP contribution < -0.4 is 15.8 Å². The van der Waals surface area contributed by atoms with Crippen LogP contribution in [0, 0.1) is 0 Å². The number of nitrogens with one attached hydrogen (secondary N) is 1. The maximum absolute atomic E-state index is 9.59. The maximum Gasteiger partial charge on any atom is 0.144 e. The van der Waals surface area contributed by atoms with E-state index in [1.54, 1.807) is 12.1 Å². The van der Waals surface area contributed by atoms with Crippen molar-refractivity contribution < 1.29 is 14.7 Å². The van der Waals surface area contributed by atoms with Gasteiger partial charge in [-0.05, 0) is 43.0 Å². The molecule has 1 aliphatic heterocycles. The summed E-state index contributed by atoms with van der Waals surface area (Å²) in [5.74, 6) is 1.35. The lowest BCUT2D eigenvalue weighted by atomic mass is 10.1. The van der Waals surface area contributed by atoms with E-state index < -0.39 is 0 Å². The van der Waals surface area contributed by atoms with Crippen LogP contribution in [0.3, 0.4) is 0 Å². The number of anilines is 3. The van der Waals surface area contributed by atoms with Crippen molar-refractivity contribution in [3.63, 3.8) is 0 Å². The highest BCUT2D eigenvalue weighted by atomic mass is 35.5. The molecule has 1 saturated heterocycles. The van der Waals surface area contributed by atoms with E-state index in [0.29, 0.717) is 41.1 Å². The van der Waals surface area contributed by atoms with Crippen LogP contribution in [0.1, 0.15) is 30.4 Å². The zero-order valence-corrected chi connectivity index (χ0v) is 20.8. The van der Waals surface area contributed by atoms with Crippen LogP contribution in [0.4, 0.5) is 17.3 Å². The summed E-state index contributed by atoms with van der Waals surface area (Å²) < 4.78 is 5.84. The number of nitrogens with two attached hydrogens (primary N) is 1. The van der Waals surface area contributed by atoms with E-state index in [0.717, 1.165) is 44.5 Å². The first-order valence-electron chi connectivity index (χ1n) is 12.0. The Balaban J connectivity index is 1.30. The number of aliphatic hydroxyl groups excluding tert-OH is 1. The van der Waals surface area contributed by atoms with Crippen molar-refractivity contribution in [1.82, 2.24) is 14.9 Å². The first kappa shape index (κ1) is 25.7. The molecule has 0 radical (unpaired) electrons. The number of hydrogen-bond acceptors (Lipinski definition) is 9. The molecular weight excluding hydrogens is 480 g/mol. The van der Waals surface area contributed by atoms with Gasteiger partial charge in [0.15, 0.2) is 0 Å². The smallest absolute Gasteiger partial charge is 0.144 e. The van der Waals surface area contributed by atoms with Crippen LogP contribution in [-0.4, -0.2) is 58.5 Å². The van der Waals surface area contributed by atoms with Gasteiger partial charge in [0.25, 0.3) is 0 Å². The number of nitrogen functional groups attached to an aromatic ring is 1. The minimum absolute atomic E-state index is 0.162. The first-order valence-corrected chi connectivity index (χ1v) is 12.4. The van der Waals surface area contributed by atoms with E-state index in [2.05, 4.69) is 25.3 Å². The van der Waals surface area contributed by atoms with Crippen LogP contribution in [0.2, 0.25) is 5.02 Å². The molecule has 190 valence electrons. The molecule has 0 aliphatic carbocycles. The third-order valence-corrected chi connectivity index (χ3v) is 6.17. The summed E-state index contributed by atoms with van der Waals surface area (Å²) in [5, 5.41) is 17.3. The molecule has 9 nitrogen and oxygen atoms in total. The van der Waals surface area contributed by atoms with Crippen molar-refractivity contribution in [3.8, 4) is 5.75 Å². The average Bonchev–Trinajstić information content (AvgIpc) is 2.88. The Morgan fingerprint density at radius 3 is 2.75 bits per heavy atom. The Kier molecular flexibility index (Phi) is 9.32. The number of rotatable bonds is 11. The van der Waals surface area contributed by atoms with Gasteiger partial charge in [0.05, 0.1) is 22.9 Å². The van der Waals surface area contributed by atoms with Gasteiger partial charge in [-0.25, -0.2) is 9.97 Å². The quantitative estimate of drug-likeness (QED) is 0.199. The standard InChI is InChI=1S/C26H31ClN6O3/c27-23-15-20(7-8-24(23)35-17-19-5-2-1-3-6-19)32-26-22(25(28)29-18-30-26)16-31-36-14-4-11-33-12-9-21(34)10-13-33/h1-3,5-8,15-16,18,21,34H,4,9-14,17H2,(H3,28,29,30,32). The predicted molar refractivity (Wildman–Crippen MR) is 142 cm³/mol. The van der Waals surface area contributed by atoms with Crippen LogP contribution >= 0.6 is 11.6 Å². The summed E-state index contributed by atoms with van der Waals surface area (Å²) in [4.78, 5) is 16.1. The first-order chi connectivity index (χ1) is 17.6. The second-order valence-electron chi connectivity index (χ2n) is 8.56. The minimum Gasteiger partial charge on any atom is -0.487 e. The molecule has 3 aromatic rings. The fourth-order valence-corrected chi connectivity index (χ4v) is 4.08. The molecular formula is C26H31ClN6O3. The molecule has 1 aromatic heterocycles. The van der Waals surface area contributed by atoms with Crippen LogP contribution in [0.5, 0.6) is 5.75 Å². The minimum atomic E-state index is -0.162. The molecule has 2 aromatic carbocycles. The molecule has 0 spiro atoms. The summed E-state index contributed by atoms with van der Waals surface area (Å²) in [7, 11) is 0. The zero-order valence-electron chi connectivity index (χ0n) is 20.0. The predicted octanol–water partition coefficient (Wildman–Crippen LogP) is 4.23. The number of nitrogens with zero attached hydrogens (tertiary/aromatic N) is 4. The van der Waals surface area contributed by atoms with Crippen molar-refractivity contribution in [3.05, 3.63) is 71.0 Å². The van der Waals surface area contributed by atoms with Crippen LogP contribution in [-0.2, 0) is 11.4 Å². The Bertz CT molecular complexity index is 1140. The fourth-order valence-electron chi connectivity index (χ4n) is 3.84. The topological polar surface area (TPSA) is 118 Å². The Labute approximate surface area is 215 Å². The van der Waals surface area contributed by atoms with Gasteiger partial charge in [-0.2, -0.15) is 0 Å². The van der Waals surface area contributed by atoms with Crippen molar-refractivity contribution in [2.24, 2.45) is 5.16 Å². The molecule has 1 fully saturated rings. The van der Waals surface area contributed by atoms with E-state index in [9.17, 15) is 5.11 Å². The number of aliphatic hydroxyl groups is 1. The van der Waals surface area contributed by atoms with Gasteiger partial charge >= 0.3 is 0 Å². The van der Waals surface area contributed by atoms with Gasteiger partial charge < -0.3 is 30.6 Å². The molecule has 4 rings (SSSR count). The Morgan fingerprint density at radius 1 is 1.17 bits per heavy atom. The van der Waals surface area contributed by atoms with Gasteiger partial charge in [0, 0.05) is 25.3 Å². The van der Waals surface area contributed by atoms with Crippen molar-refractivity contribution in [2.75, 3.05) is 37.3 Å². The molecule has 0 amide bonds. The zero-order chi connectivity index (χ0) is 25.2. The molecule has 0 atom stereocenters. The SMILES string of the molecule is Nc1ncnc(Nc2ccc(OCc3ccccc3)c(Cl)c2)c1C=NOCCCN1CCC(O)CC1. The van der Waals surface area contributed by atoms with Gasteiger partial charge in [-0.15, -0.1) is 0 Å². The largest absolute Gasteiger partial charge is 0.487 e. The third-order valence-electron chi connectivity index (χ3n) is 5.87. The maximum atomic E-state index is 9.59. The van der Waals surface area contributed by atoms with Crippen LogP contribution in [0.25, 0.3) is 0 Å². The van der Waals surface area contributed by atoms with Gasteiger partial charge in [-0.1, -0.05) is 47.1 Å². The summed E-state index contributed by atoms with van der Waals surface area (Å²) in [6.45, 7) is 3.66. The molecule has 0 saturated carbocycles. The lowest BCUT2D eigenvalue weighted by Crippen LogP contribution is -2.36. The highest BCUT2D eigenvalue weighted by Gasteiger charge is 2.16. The van der Waals surface area contributed by atoms with Crippen LogP contribution in [0.15, 0.2) is 60.0 Å². The lowest BCUT2D eigenvalue weighted by molar-refractivity contribution is 0.0733. The number of hydrogen-bond donors (Lipinski definition) is 3. The second-order valence-corrected chi connectivity index (χ2v) is 8.97. The third kappa shape index (κ3) is 7.55. The Morgan fingerprint density at radius 2 is 1.97 bits per heavy atom. The summed E-state index contributed by atoms with van der Waals surface area (Å²) >= 11 is 6.44. The van der Waals surface area contributed by atoms with Crippen molar-refractivity contribution in [1.29, 1.82) is 0 Å². The highest BCUT2D eigenvalue weighted by Crippen LogP contribution is 2.30. The number of oxime groups is 1. The van der Waals surface area contributed by atoms with E-state index in [1.165, 1.54) is 12.5 Å². The van der Waals surface area contributed by atoms with Gasteiger partial charge in [0.2, 0.25) is 0 Å². The number of piperidine rings is 1. The molecule has 0 bridgehead atoms.